The quantitative estimate of drug-likeness (QED) is 0.770. The second-order valence-electron chi connectivity index (χ2n) is 4.46. The van der Waals surface area contributed by atoms with Crippen molar-refractivity contribution < 1.29 is 9.90 Å². The Labute approximate surface area is 111 Å². The SMILES string of the molecule is O=C(NCC(O)c1cccc(Cl)c1)C1CCCN1. The van der Waals surface area contributed by atoms with Crippen LogP contribution in [-0.2, 0) is 4.79 Å². The van der Waals surface area contributed by atoms with Crippen LogP contribution < -0.4 is 10.6 Å². The van der Waals surface area contributed by atoms with Gasteiger partial charge in [0.05, 0.1) is 12.1 Å². The summed E-state index contributed by atoms with van der Waals surface area (Å²) in [4.78, 5) is 11.7. The van der Waals surface area contributed by atoms with Gasteiger partial charge in [-0.3, -0.25) is 4.79 Å². The smallest absolute Gasteiger partial charge is 0.237 e. The van der Waals surface area contributed by atoms with Gasteiger partial charge in [-0.1, -0.05) is 23.7 Å². The third kappa shape index (κ3) is 3.45. The third-order valence-electron chi connectivity index (χ3n) is 3.08. The van der Waals surface area contributed by atoms with Crippen LogP contribution in [0.5, 0.6) is 0 Å². The zero-order valence-electron chi connectivity index (χ0n) is 10.0. The van der Waals surface area contributed by atoms with Gasteiger partial charge in [-0.15, -0.1) is 0 Å². The number of benzene rings is 1. The number of nitrogens with one attached hydrogen (secondary N) is 2. The Morgan fingerprint density at radius 3 is 3.11 bits per heavy atom. The van der Waals surface area contributed by atoms with E-state index in [-0.39, 0.29) is 18.5 Å². The molecule has 2 rings (SSSR count). The average Bonchev–Trinajstić information content (AvgIpc) is 2.89. The first-order valence-corrected chi connectivity index (χ1v) is 6.49. The minimum atomic E-state index is -0.728. The van der Waals surface area contributed by atoms with E-state index in [2.05, 4.69) is 10.6 Å². The van der Waals surface area contributed by atoms with E-state index in [1.165, 1.54) is 0 Å². The van der Waals surface area contributed by atoms with Crippen molar-refractivity contribution in [2.45, 2.75) is 25.0 Å². The Morgan fingerprint density at radius 1 is 1.61 bits per heavy atom. The van der Waals surface area contributed by atoms with Crippen LogP contribution in [0.15, 0.2) is 24.3 Å². The van der Waals surface area contributed by atoms with Crippen molar-refractivity contribution >= 4 is 17.5 Å². The fourth-order valence-electron chi connectivity index (χ4n) is 2.06. The first-order chi connectivity index (χ1) is 8.66. The molecule has 2 unspecified atom stereocenters. The van der Waals surface area contributed by atoms with Crippen molar-refractivity contribution in [3.05, 3.63) is 34.9 Å². The van der Waals surface area contributed by atoms with Gasteiger partial charge in [0.25, 0.3) is 0 Å². The molecule has 1 aliphatic rings. The molecule has 3 N–H and O–H groups in total. The molecule has 1 aliphatic heterocycles. The summed E-state index contributed by atoms with van der Waals surface area (Å²) in [6.45, 7) is 1.09. The summed E-state index contributed by atoms with van der Waals surface area (Å²) in [5.41, 5.74) is 0.710. The molecule has 1 fully saturated rings. The highest BCUT2D eigenvalue weighted by atomic mass is 35.5. The van der Waals surface area contributed by atoms with Crippen molar-refractivity contribution in [2.75, 3.05) is 13.1 Å². The summed E-state index contributed by atoms with van der Waals surface area (Å²) < 4.78 is 0. The zero-order chi connectivity index (χ0) is 13.0. The van der Waals surface area contributed by atoms with Gasteiger partial charge in [0.2, 0.25) is 5.91 Å². The van der Waals surface area contributed by atoms with E-state index in [0.717, 1.165) is 19.4 Å². The van der Waals surface area contributed by atoms with Gasteiger partial charge in [0.1, 0.15) is 0 Å². The number of carbonyl (C=O) groups excluding carboxylic acids is 1. The van der Waals surface area contributed by atoms with Crippen LogP contribution in [0.3, 0.4) is 0 Å². The number of aliphatic hydroxyl groups is 1. The van der Waals surface area contributed by atoms with Gasteiger partial charge in [0.15, 0.2) is 0 Å². The summed E-state index contributed by atoms with van der Waals surface area (Å²) in [6.07, 6.45) is 1.16. The van der Waals surface area contributed by atoms with E-state index in [4.69, 9.17) is 11.6 Å². The fourth-order valence-corrected chi connectivity index (χ4v) is 2.26. The summed E-state index contributed by atoms with van der Waals surface area (Å²) in [5.74, 6) is -0.0476. The van der Waals surface area contributed by atoms with Crippen LogP contribution in [0.4, 0.5) is 0 Å². The van der Waals surface area contributed by atoms with Crippen LogP contribution in [-0.4, -0.2) is 30.1 Å². The molecule has 1 aromatic rings. The van der Waals surface area contributed by atoms with Gasteiger partial charge in [0, 0.05) is 11.6 Å². The maximum Gasteiger partial charge on any atom is 0.237 e. The highest BCUT2D eigenvalue weighted by Crippen LogP contribution is 2.17. The van der Waals surface area contributed by atoms with Gasteiger partial charge < -0.3 is 15.7 Å². The molecule has 0 spiro atoms. The highest BCUT2D eigenvalue weighted by Gasteiger charge is 2.22. The van der Waals surface area contributed by atoms with Crippen molar-refractivity contribution in [3.63, 3.8) is 0 Å². The maximum absolute atomic E-state index is 11.7. The predicted octanol–water partition coefficient (Wildman–Crippen LogP) is 1.24. The number of hydrogen-bond acceptors (Lipinski definition) is 3. The Kier molecular flexibility index (Phi) is 4.58. The molecule has 4 nitrogen and oxygen atoms in total. The van der Waals surface area contributed by atoms with Crippen LogP contribution in [0.2, 0.25) is 5.02 Å². The largest absolute Gasteiger partial charge is 0.387 e. The number of amides is 1. The van der Waals surface area contributed by atoms with Crippen LogP contribution in [0.25, 0.3) is 0 Å². The third-order valence-corrected chi connectivity index (χ3v) is 3.31. The Bertz CT molecular complexity index is 419. The Balaban J connectivity index is 1.84. The zero-order valence-corrected chi connectivity index (χ0v) is 10.8. The number of hydrogen-bond donors (Lipinski definition) is 3. The molecule has 1 amide bonds. The minimum Gasteiger partial charge on any atom is -0.387 e. The van der Waals surface area contributed by atoms with Crippen molar-refractivity contribution in [3.8, 4) is 0 Å². The normalized spacial score (nSPS) is 20.7. The molecule has 1 heterocycles. The Hall–Kier alpha value is -1.10. The lowest BCUT2D eigenvalue weighted by molar-refractivity contribution is -0.123. The Morgan fingerprint density at radius 2 is 2.44 bits per heavy atom. The second-order valence-corrected chi connectivity index (χ2v) is 4.90. The van der Waals surface area contributed by atoms with E-state index in [9.17, 15) is 9.90 Å². The lowest BCUT2D eigenvalue weighted by Gasteiger charge is -2.15. The number of rotatable bonds is 4. The van der Waals surface area contributed by atoms with Gasteiger partial charge >= 0.3 is 0 Å². The molecule has 0 bridgehead atoms. The molecule has 1 aromatic carbocycles. The summed E-state index contributed by atoms with van der Waals surface area (Å²) >= 11 is 5.85. The summed E-state index contributed by atoms with van der Waals surface area (Å²) in [7, 11) is 0. The van der Waals surface area contributed by atoms with E-state index in [0.29, 0.717) is 10.6 Å². The molecule has 5 heteroatoms. The van der Waals surface area contributed by atoms with Crippen molar-refractivity contribution in [1.29, 1.82) is 0 Å². The van der Waals surface area contributed by atoms with Gasteiger partial charge in [-0.25, -0.2) is 0 Å². The fraction of sp³-hybridized carbons (Fsp3) is 0.462. The minimum absolute atomic E-state index is 0.0476. The standard InChI is InChI=1S/C13H17ClN2O2/c14-10-4-1-3-9(7-10)12(17)8-16-13(18)11-5-2-6-15-11/h1,3-4,7,11-12,15,17H,2,5-6,8H2,(H,16,18). The molecule has 98 valence electrons. The highest BCUT2D eigenvalue weighted by molar-refractivity contribution is 6.30. The molecule has 18 heavy (non-hydrogen) atoms. The van der Waals surface area contributed by atoms with Crippen molar-refractivity contribution in [2.24, 2.45) is 0 Å². The molecule has 0 aliphatic carbocycles. The van der Waals surface area contributed by atoms with Crippen molar-refractivity contribution in [1.82, 2.24) is 10.6 Å². The van der Waals surface area contributed by atoms with Gasteiger partial charge in [-0.2, -0.15) is 0 Å². The lowest BCUT2D eigenvalue weighted by Crippen LogP contribution is -2.41. The average molecular weight is 269 g/mol. The molecule has 0 saturated carbocycles. The van der Waals surface area contributed by atoms with E-state index in [1.807, 2.05) is 0 Å². The van der Waals surface area contributed by atoms with Gasteiger partial charge in [-0.05, 0) is 37.1 Å². The van der Waals surface area contributed by atoms with Crippen LogP contribution in [0.1, 0.15) is 24.5 Å². The predicted molar refractivity (Wildman–Crippen MR) is 70.4 cm³/mol. The molecule has 0 radical (unpaired) electrons. The number of carbonyl (C=O) groups is 1. The molecular weight excluding hydrogens is 252 g/mol. The summed E-state index contributed by atoms with van der Waals surface area (Å²) in [6, 6.07) is 6.90. The molecular formula is C13H17ClN2O2. The van der Waals surface area contributed by atoms with Crippen LogP contribution >= 0.6 is 11.6 Å². The topological polar surface area (TPSA) is 61.4 Å². The molecule has 1 saturated heterocycles. The maximum atomic E-state index is 11.7. The first-order valence-electron chi connectivity index (χ1n) is 6.11. The monoisotopic (exact) mass is 268 g/mol. The van der Waals surface area contributed by atoms with E-state index in [1.54, 1.807) is 24.3 Å². The summed E-state index contributed by atoms with van der Waals surface area (Å²) in [5, 5.41) is 16.4. The molecule has 2 atom stereocenters. The molecule has 0 aromatic heterocycles. The van der Waals surface area contributed by atoms with E-state index >= 15 is 0 Å². The van der Waals surface area contributed by atoms with Crippen LogP contribution in [0, 0.1) is 0 Å². The number of halogens is 1. The lowest BCUT2D eigenvalue weighted by atomic mass is 10.1. The second kappa shape index (κ2) is 6.18. The first kappa shape index (κ1) is 13.3. The van der Waals surface area contributed by atoms with E-state index < -0.39 is 6.10 Å². The number of aliphatic hydroxyl groups excluding tert-OH is 1.